The Bertz CT molecular complexity index is 802. The Hall–Kier alpha value is -2.64. The fraction of sp³-hybridized carbons (Fsp3) is 0.600. The molecule has 0 saturated carbocycles. The number of carbonyl (C=O) groups is 1. The summed E-state index contributed by atoms with van der Waals surface area (Å²) in [5, 5.41) is 3.94. The Kier molecular flexibility index (Phi) is 5.45. The highest BCUT2D eigenvalue weighted by atomic mass is 16.5. The van der Waals surface area contributed by atoms with Crippen LogP contribution >= 0.6 is 0 Å². The normalized spacial score (nSPS) is 17.9. The van der Waals surface area contributed by atoms with Crippen LogP contribution in [0.1, 0.15) is 36.3 Å². The first kappa shape index (κ1) is 18.7. The molecule has 2 aromatic heterocycles. The number of anilines is 2. The molecule has 2 aliphatic rings. The number of rotatable bonds is 4. The van der Waals surface area contributed by atoms with Crippen LogP contribution in [0.25, 0.3) is 0 Å². The van der Waals surface area contributed by atoms with Crippen LogP contribution in [0.4, 0.5) is 11.8 Å². The molecule has 2 aliphatic heterocycles. The summed E-state index contributed by atoms with van der Waals surface area (Å²) in [5.74, 6) is 2.64. The minimum atomic E-state index is 0.130. The summed E-state index contributed by atoms with van der Waals surface area (Å²) in [6.45, 7) is 8.77. The largest absolute Gasteiger partial charge is 0.361 e. The number of aromatic nitrogens is 3. The van der Waals surface area contributed by atoms with Gasteiger partial charge in [0.25, 0.3) is 0 Å². The molecule has 0 aliphatic carbocycles. The lowest BCUT2D eigenvalue weighted by Crippen LogP contribution is -2.49. The molecular formula is C20H28N6O2. The molecule has 4 heterocycles. The predicted molar refractivity (Wildman–Crippen MR) is 107 cm³/mol. The first-order valence-corrected chi connectivity index (χ1v) is 10.1. The lowest BCUT2D eigenvalue weighted by molar-refractivity contribution is -0.130. The van der Waals surface area contributed by atoms with Gasteiger partial charge in [0.05, 0.1) is 12.1 Å². The van der Waals surface area contributed by atoms with E-state index in [1.54, 1.807) is 0 Å². The number of amides is 1. The van der Waals surface area contributed by atoms with Gasteiger partial charge in [0.1, 0.15) is 11.6 Å². The van der Waals surface area contributed by atoms with Crippen molar-refractivity contribution in [3.63, 3.8) is 0 Å². The van der Waals surface area contributed by atoms with Crippen LogP contribution in [0, 0.1) is 13.8 Å². The van der Waals surface area contributed by atoms with E-state index in [1.165, 1.54) is 19.3 Å². The first-order chi connectivity index (χ1) is 13.6. The zero-order valence-corrected chi connectivity index (χ0v) is 16.7. The van der Waals surface area contributed by atoms with E-state index in [2.05, 4.69) is 19.9 Å². The summed E-state index contributed by atoms with van der Waals surface area (Å²) in [7, 11) is 0. The molecule has 8 nitrogen and oxygen atoms in total. The van der Waals surface area contributed by atoms with Crippen molar-refractivity contribution in [2.75, 3.05) is 49.1 Å². The van der Waals surface area contributed by atoms with Crippen molar-refractivity contribution in [3.8, 4) is 0 Å². The van der Waals surface area contributed by atoms with Gasteiger partial charge >= 0.3 is 0 Å². The standard InChI is InChI=1S/C20H28N6O2/c1-15-17(16(2)28-23-15)14-19(27)25-12-10-24(11-13-25)18-6-7-21-20(22-18)26-8-4-3-5-9-26/h6-7H,3-5,8-14H2,1-2H3. The van der Waals surface area contributed by atoms with E-state index in [-0.39, 0.29) is 5.91 Å². The van der Waals surface area contributed by atoms with Crippen molar-refractivity contribution in [1.29, 1.82) is 0 Å². The molecule has 28 heavy (non-hydrogen) atoms. The van der Waals surface area contributed by atoms with Gasteiger partial charge in [0.15, 0.2) is 0 Å². The summed E-state index contributed by atoms with van der Waals surface area (Å²) in [5.41, 5.74) is 1.71. The highest BCUT2D eigenvalue weighted by Crippen LogP contribution is 2.20. The maximum Gasteiger partial charge on any atom is 0.227 e. The summed E-state index contributed by atoms with van der Waals surface area (Å²) in [4.78, 5) is 28.4. The fourth-order valence-electron chi connectivity index (χ4n) is 3.96. The van der Waals surface area contributed by atoms with Gasteiger partial charge in [-0.2, -0.15) is 4.98 Å². The summed E-state index contributed by atoms with van der Waals surface area (Å²) in [6, 6.07) is 1.97. The Morgan fingerprint density at radius 1 is 1.04 bits per heavy atom. The van der Waals surface area contributed by atoms with E-state index in [1.807, 2.05) is 31.0 Å². The predicted octanol–water partition coefficient (Wildman–Crippen LogP) is 1.96. The van der Waals surface area contributed by atoms with Crippen LogP contribution in [-0.2, 0) is 11.2 Å². The number of nitrogens with zero attached hydrogens (tertiary/aromatic N) is 6. The zero-order chi connectivity index (χ0) is 19.5. The molecule has 0 bridgehead atoms. The van der Waals surface area contributed by atoms with Crippen LogP contribution in [-0.4, -0.2) is 65.2 Å². The lowest BCUT2D eigenvalue weighted by atomic mass is 10.1. The second-order valence-corrected chi connectivity index (χ2v) is 7.61. The van der Waals surface area contributed by atoms with Crippen LogP contribution in [0.5, 0.6) is 0 Å². The van der Waals surface area contributed by atoms with Crippen LogP contribution < -0.4 is 9.80 Å². The molecule has 4 rings (SSSR count). The van der Waals surface area contributed by atoms with Crippen molar-refractivity contribution in [2.24, 2.45) is 0 Å². The van der Waals surface area contributed by atoms with E-state index < -0.39 is 0 Å². The molecule has 0 spiro atoms. The number of hydrogen-bond donors (Lipinski definition) is 0. The van der Waals surface area contributed by atoms with E-state index in [4.69, 9.17) is 9.51 Å². The van der Waals surface area contributed by atoms with Crippen LogP contribution in [0.15, 0.2) is 16.8 Å². The minimum absolute atomic E-state index is 0.130. The van der Waals surface area contributed by atoms with Gasteiger partial charge in [-0.15, -0.1) is 0 Å². The van der Waals surface area contributed by atoms with Crippen molar-refractivity contribution in [1.82, 2.24) is 20.0 Å². The molecule has 0 atom stereocenters. The second-order valence-electron chi connectivity index (χ2n) is 7.61. The second kappa shape index (κ2) is 8.16. The van der Waals surface area contributed by atoms with E-state index in [0.29, 0.717) is 19.5 Å². The summed E-state index contributed by atoms with van der Waals surface area (Å²) < 4.78 is 5.17. The first-order valence-electron chi connectivity index (χ1n) is 10.1. The minimum Gasteiger partial charge on any atom is -0.361 e. The quantitative estimate of drug-likeness (QED) is 0.797. The highest BCUT2D eigenvalue weighted by Gasteiger charge is 2.24. The van der Waals surface area contributed by atoms with Gasteiger partial charge in [0, 0.05) is 51.0 Å². The number of aryl methyl sites for hydroxylation is 2. The van der Waals surface area contributed by atoms with Crippen molar-refractivity contribution < 1.29 is 9.32 Å². The van der Waals surface area contributed by atoms with E-state index >= 15 is 0 Å². The highest BCUT2D eigenvalue weighted by molar-refractivity contribution is 5.79. The van der Waals surface area contributed by atoms with Gasteiger partial charge in [0.2, 0.25) is 11.9 Å². The van der Waals surface area contributed by atoms with Crippen LogP contribution in [0.3, 0.4) is 0 Å². The van der Waals surface area contributed by atoms with E-state index in [0.717, 1.165) is 55.0 Å². The molecule has 0 unspecified atom stereocenters. The number of carbonyl (C=O) groups excluding carboxylic acids is 1. The molecule has 2 aromatic rings. The maximum absolute atomic E-state index is 12.7. The average molecular weight is 384 g/mol. The van der Waals surface area contributed by atoms with Crippen molar-refractivity contribution in [2.45, 2.75) is 39.5 Å². The Balaban J connectivity index is 1.35. The molecule has 150 valence electrons. The average Bonchev–Trinajstić information content (AvgIpc) is 3.06. The van der Waals surface area contributed by atoms with Crippen LogP contribution in [0.2, 0.25) is 0 Å². The van der Waals surface area contributed by atoms with Crippen molar-refractivity contribution in [3.05, 3.63) is 29.3 Å². The third kappa shape index (κ3) is 3.95. The molecule has 8 heteroatoms. The lowest BCUT2D eigenvalue weighted by Gasteiger charge is -2.36. The number of hydrogen-bond acceptors (Lipinski definition) is 7. The third-order valence-electron chi connectivity index (χ3n) is 5.73. The Labute approximate surface area is 165 Å². The van der Waals surface area contributed by atoms with E-state index in [9.17, 15) is 4.79 Å². The summed E-state index contributed by atoms with van der Waals surface area (Å²) in [6.07, 6.45) is 5.91. The molecular weight excluding hydrogens is 356 g/mol. The number of piperidine rings is 1. The third-order valence-corrected chi connectivity index (χ3v) is 5.73. The molecule has 0 aromatic carbocycles. The van der Waals surface area contributed by atoms with Crippen molar-refractivity contribution >= 4 is 17.7 Å². The topological polar surface area (TPSA) is 78.6 Å². The monoisotopic (exact) mass is 384 g/mol. The molecule has 0 radical (unpaired) electrons. The SMILES string of the molecule is Cc1noc(C)c1CC(=O)N1CCN(c2ccnc(N3CCCCC3)n2)CC1. The molecule has 2 fully saturated rings. The summed E-state index contributed by atoms with van der Waals surface area (Å²) >= 11 is 0. The molecule has 1 amide bonds. The smallest absolute Gasteiger partial charge is 0.227 e. The van der Waals surface area contributed by atoms with Gasteiger partial charge < -0.3 is 19.2 Å². The Morgan fingerprint density at radius 2 is 1.79 bits per heavy atom. The fourth-order valence-corrected chi connectivity index (χ4v) is 3.96. The molecule has 2 saturated heterocycles. The number of piperazine rings is 1. The molecule has 0 N–H and O–H groups in total. The zero-order valence-electron chi connectivity index (χ0n) is 16.7. The van der Waals surface area contributed by atoms with Gasteiger partial charge in [-0.1, -0.05) is 5.16 Å². The van der Waals surface area contributed by atoms with Gasteiger partial charge in [-0.3, -0.25) is 4.79 Å². The maximum atomic E-state index is 12.7. The van der Waals surface area contributed by atoms with Gasteiger partial charge in [-0.25, -0.2) is 4.98 Å². The van der Waals surface area contributed by atoms with Gasteiger partial charge in [-0.05, 0) is 39.2 Å². The Morgan fingerprint density at radius 3 is 2.46 bits per heavy atom.